The van der Waals surface area contributed by atoms with Crippen LogP contribution in [0, 0.1) is 6.33 Å². The van der Waals surface area contributed by atoms with Crippen LogP contribution in [0.4, 0.5) is 0 Å². The molecular formula is C3H4N5O. The van der Waals surface area contributed by atoms with E-state index in [1.165, 1.54) is 0 Å². The van der Waals surface area contributed by atoms with Gasteiger partial charge in [0.1, 0.15) is 0 Å². The van der Waals surface area contributed by atoms with E-state index in [2.05, 4.69) is 21.9 Å². The van der Waals surface area contributed by atoms with E-state index >= 15 is 0 Å². The maximum atomic E-state index is 9.94. The SMILES string of the molecule is NC(C=O)n1[c]nnn1. The highest BCUT2D eigenvalue weighted by Gasteiger charge is 2.01. The first kappa shape index (κ1) is 5.83. The van der Waals surface area contributed by atoms with Crippen LogP contribution in [-0.4, -0.2) is 26.5 Å². The molecule has 6 heteroatoms. The summed E-state index contributed by atoms with van der Waals surface area (Å²) in [6.07, 6.45) is 1.98. The van der Waals surface area contributed by atoms with Gasteiger partial charge in [0.2, 0.25) is 6.33 Å². The number of nitrogens with two attached hydrogens (primary N) is 1. The molecule has 0 aliphatic carbocycles. The molecule has 0 saturated carbocycles. The standard InChI is InChI=1S/C3H4N5O/c4-3(1-9)8-2-5-6-7-8/h1,3H,4H2. The third-order valence-electron chi connectivity index (χ3n) is 0.750. The highest BCUT2D eigenvalue weighted by Crippen LogP contribution is 1.83. The van der Waals surface area contributed by atoms with Gasteiger partial charge in [-0.2, -0.15) is 4.68 Å². The lowest BCUT2D eigenvalue weighted by Crippen LogP contribution is -2.20. The minimum Gasteiger partial charge on any atom is -0.304 e. The first-order chi connectivity index (χ1) is 4.34. The Hall–Kier alpha value is -1.30. The normalized spacial score (nSPS) is 13.0. The van der Waals surface area contributed by atoms with Gasteiger partial charge in [0.25, 0.3) is 0 Å². The molecule has 47 valence electrons. The molecule has 0 saturated heterocycles. The molecular weight excluding hydrogens is 122 g/mol. The summed E-state index contributed by atoms with van der Waals surface area (Å²) >= 11 is 0. The van der Waals surface area contributed by atoms with Gasteiger partial charge in [-0.05, 0) is 10.4 Å². The summed E-state index contributed by atoms with van der Waals surface area (Å²) < 4.78 is 1.03. The van der Waals surface area contributed by atoms with Crippen molar-refractivity contribution in [1.29, 1.82) is 0 Å². The van der Waals surface area contributed by atoms with Gasteiger partial charge in [-0.3, -0.25) is 4.79 Å². The van der Waals surface area contributed by atoms with E-state index in [4.69, 9.17) is 5.73 Å². The molecule has 0 aliphatic rings. The number of aldehydes is 1. The van der Waals surface area contributed by atoms with Crippen molar-refractivity contribution in [3.8, 4) is 0 Å². The van der Waals surface area contributed by atoms with Gasteiger partial charge in [0, 0.05) is 0 Å². The van der Waals surface area contributed by atoms with E-state index < -0.39 is 6.17 Å². The summed E-state index contributed by atoms with van der Waals surface area (Å²) in [5.74, 6) is 0. The first-order valence-corrected chi connectivity index (χ1v) is 2.21. The zero-order chi connectivity index (χ0) is 6.69. The van der Waals surface area contributed by atoms with E-state index in [0.29, 0.717) is 6.29 Å². The Labute approximate surface area is 50.6 Å². The average molecular weight is 126 g/mol. The third kappa shape index (κ3) is 1.08. The number of tetrazole rings is 1. The van der Waals surface area contributed by atoms with Gasteiger partial charge >= 0.3 is 0 Å². The zero-order valence-corrected chi connectivity index (χ0v) is 4.43. The number of hydrogen-bond donors (Lipinski definition) is 1. The molecule has 0 spiro atoms. The van der Waals surface area contributed by atoms with E-state index in [-0.39, 0.29) is 0 Å². The van der Waals surface area contributed by atoms with Crippen molar-refractivity contribution in [2.24, 2.45) is 5.73 Å². The minimum atomic E-state index is -0.819. The number of rotatable bonds is 2. The van der Waals surface area contributed by atoms with Crippen molar-refractivity contribution < 1.29 is 4.79 Å². The Bertz CT molecular complexity index is 182. The molecule has 1 heterocycles. The van der Waals surface area contributed by atoms with E-state index in [9.17, 15) is 4.79 Å². The molecule has 2 N–H and O–H groups in total. The van der Waals surface area contributed by atoms with E-state index in [1.54, 1.807) is 0 Å². The fourth-order valence-electron chi connectivity index (χ4n) is 0.333. The van der Waals surface area contributed by atoms with Crippen molar-refractivity contribution in [3.05, 3.63) is 6.33 Å². The quantitative estimate of drug-likeness (QED) is 0.469. The van der Waals surface area contributed by atoms with Crippen LogP contribution in [0.15, 0.2) is 0 Å². The second-order valence-electron chi connectivity index (χ2n) is 1.35. The van der Waals surface area contributed by atoms with Gasteiger partial charge < -0.3 is 5.73 Å². The lowest BCUT2D eigenvalue weighted by atomic mass is 10.6. The summed E-state index contributed by atoms with van der Waals surface area (Å²) in [5.41, 5.74) is 5.16. The molecule has 1 aromatic heterocycles. The summed E-state index contributed by atoms with van der Waals surface area (Å²) in [4.78, 5) is 9.94. The molecule has 9 heavy (non-hydrogen) atoms. The third-order valence-corrected chi connectivity index (χ3v) is 0.750. The molecule has 1 rings (SSSR count). The highest BCUT2D eigenvalue weighted by molar-refractivity contribution is 5.54. The maximum Gasteiger partial charge on any atom is 0.223 e. The largest absolute Gasteiger partial charge is 0.304 e. The van der Waals surface area contributed by atoms with Crippen molar-refractivity contribution in [2.45, 2.75) is 6.17 Å². The van der Waals surface area contributed by atoms with Crippen LogP contribution in [0.2, 0.25) is 0 Å². The molecule has 1 atom stereocenters. The van der Waals surface area contributed by atoms with Crippen molar-refractivity contribution >= 4 is 6.29 Å². The summed E-state index contributed by atoms with van der Waals surface area (Å²) in [5, 5.41) is 9.72. The lowest BCUT2D eigenvalue weighted by molar-refractivity contribution is -0.110. The average Bonchev–Trinajstić information content (AvgIpc) is 2.37. The number of hydrogen-bond acceptors (Lipinski definition) is 5. The van der Waals surface area contributed by atoms with E-state index in [1.807, 2.05) is 0 Å². The summed E-state index contributed by atoms with van der Waals surface area (Å²) in [6.45, 7) is 0. The Morgan fingerprint density at radius 1 is 1.78 bits per heavy atom. The van der Waals surface area contributed by atoms with Crippen LogP contribution in [-0.2, 0) is 4.79 Å². The van der Waals surface area contributed by atoms with Gasteiger partial charge in [0.05, 0.1) is 0 Å². The van der Waals surface area contributed by atoms with Crippen LogP contribution >= 0.6 is 0 Å². The van der Waals surface area contributed by atoms with Crippen LogP contribution < -0.4 is 5.73 Å². The van der Waals surface area contributed by atoms with Crippen molar-refractivity contribution in [1.82, 2.24) is 20.2 Å². The topological polar surface area (TPSA) is 86.7 Å². The molecule has 0 amide bonds. The number of carbonyl (C=O) groups is 1. The Kier molecular flexibility index (Phi) is 1.50. The van der Waals surface area contributed by atoms with Gasteiger partial charge in [0.15, 0.2) is 12.5 Å². The van der Waals surface area contributed by atoms with Crippen LogP contribution in [0.25, 0.3) is 0 Å². The fourth-order valence-corrected chi connectivity index (χ4v) is 0.333. The molecule has 1 radical (unpaired) electrons. The number of carbonyl (C=O) groups excluding carboxylic acids is 1. The predicted octanol–water partition coefficient (Wildman–Crippen LogP) is -1.87. The molecule has 0 bridgehead atoms. The number of aromatic nitrogens is 4. The molecule has 0 aromatic carbocycles. The molecule has 6 nitrogen and oxygen atoms in total. The fraction of sp³-hybridized carbons (Fsp3) is 0.333. The zero-order valence-electron chi connectivity index (χ0n) is 4.43. The van der Waals surface area contributed by atoms with Gasteiger partial charge in [-0.25, -0.2) is 0 Å². The molecule has 0 aliphatic heterocycles. The van der Waals surface area contributed by atoms with Gasteiger partial charge in [-0.15, -0.1) is 5.10 Å². The Morgan fingerprint density at radius 3 is 3.00 bits per heavy atom. The van der Waals surface area contributed by atoms with Crippen molar-refractivity contribution in [2.75, 3.05) is 0 Å². The van der Waals surface area contributed by atoms with Crippen LogP contribution in [0.3, 0.4) is 0 Å². The van der Waals surface area contributed by atoms with Gasteiger partial charge in [-0.1, -0.05) is 0 Å². The predicted molar refractivity (Wildman–Crippen MR) is 25.9 cm³/mol. The molecule has 1 unspecified atom stereocenters. The number of nitrogens with zero attached hydrogens (tertiary/aromatic N) is 4. The Balaban J connectivity index is 2.76. The monoisotopic (exact) mass is 126 g/mol. The second kappa shape index (κ2) is 2.31. The Morgan fingerprint density at radius 2 is 2.56 bits per heavy atom. The molecule has 1 aromatic rings. The maximum absolute atomic E-state index is 9.94. The molecule has 0 fully saturated rings. The minimum absolute atomic E-state index is 0.521. The van der Waals surface area contributed by atoms with Crippen LogP contribution in [0.1, 0.15) is 6.17 Å². The van der Waals surface area contributed by atoms with Crippen molar-refractivity contribution in [3.63, 3.8) is 0 Å². The van der Waals surface area contributed by atoms with E-state index in [0.717, 1.165) is 4.68 Å². The highest BCUT2D eigenvalue weighted by atomic mass is 16.1. The summed E-state index contributed by atoms with van der Waals surface area (Å²) in [7, 11) is 0. The second-order valence-corrected chi connectivity index (χ2v) is 1.35. The smallest absolute Gasteiger partial charge is 0.223 e. The lowest BCUT2D eigenvalue weighted by Gasteiger charge is -1.96. The van der Waals surface area contributed by atoms with Crippen LogP contribution in [0.5, 0.6) is 0 Å². The summed E-state index contributed by atoms with van der Waals surface area (Å²) in [6, 6.07) is 0. The first-order valence-electron chi connectivity index (χ1n) is 2.21.